The summed E-state index contributed by atoms with van der Waals surface area (Å²) in [5.41, 5.74) is 1.16. The molecule has 1 amide bonds. The van der Waals surface area contributed by atoms with E-state index in [2.05, 4.69) is 10.6 Å². The zero-order valence-corrected chi connectivity index (χ0v) is 10.6. The van der Waals surface area contributed by atoms with Gasteiger partial charge in [-0.2, -0.15) is 0 Å². The van der Waals surface area contributed by atoms with Crippen molar-refractivity contribution in [3.63, 3.8) is 0 Å². The molecule has 0 aliphatic carbocycles. The van der Waals surface area contributed by atoms with Crippen LogP contribution in [0.5, 0.6) is 0 Å². The Hall–Kier alpha value is -1.88. The van der Waals surface area contributed by atoms with Gasteiger partial charge < -0.3 is 15.7 Å². The van der Waals surface area contributed by atoms with Crippen LogP contribution in [0.2, 0.25) is 0 Å². The second kappa shape index (κ2) is 6.76. The number of carbonyl (C=O) groups is 2. The molecule has 5 nitrogen and oxygen atoms in total. The molecule has 0 aromatic heterocycles. The van der Waals surface area contributed by atoms with Crippen LogP contribution in [0.3, 0.4) is 0 Å². The highest BCUT2D eigenvalue weighted by atomic mass is 16.4. The van der Waals surface area contributed by atoms with Gasteiger partial charge in [0.2, 0.25) is 5.91 Å². The lowest BCUT2D eigenvalue weighted by Gasteiger charge is -2.11. The minimum Gasteiger partial charge on any atom is -0.478 e. The Morgan fingerprint density at radius 1 is 1.39 bits per heavy atom. The summed E-state index contributed by atoms with van der Waals surface area (Å²) in [5, 5.41) is 14.5. The van der Waals surface area contributed by atoms with Gasteiger partial charge in [-0.25, -0.2) is 4.79 Å². The Morgan fingerprint density at radius 3 is 2.72 bits per heavy atom. The van der Waals surface area contributed by atoms with Crippen molar-refractivity contribution in [1.29, 1.82) is 0 Å². The fourth-order valence-electron chi connectivity index (χ4n) is 1.47. The van der Waals surface area contributed by atoms with E-state index in [1.807, 2.05) is 6.07 Å². The van der Waals surface area contributed by atoms with Gasteiger partial charge in [0.1, 0.15) is 0 Å². The van der Waals surface area contributed by atoms with E-state index in [1.54, 1.807) is 32.2 Å². The van der Waals surface area contributed by atoms with E-state index in [0.717, 1.165) is 5.56 Å². The number of nitrogens with one attached hydrogen (secondary N) is 2. The third-order valence-corrected chi connectivity index (χ3v) is 2.71. The zero-order chi connectivity index (χ0) is 13.5. The first-order valence-corrected chi connectivity index (χ1v) is 5.82. The monoisotopic (exact) mass is 250 g/mol. The molecule has 0 saturated heterocycles. The lowest BCUT2D eigenvalue weighted by Crippen LogP contribution is -2.41. The minimum atomic E-state index is -0.940. The van der Waals surface area contributed by atoms with E-state index in [0.29, 0.717) is 13.0 Å². The molecule has 0 saturated carbocycles. The van der Waals surface area contributed by atoms with Gasteiger partial charge in [0.05, 0.1) is 11.6 Å². The van der Waals surface area contributed by atoms with Crippen molar-refractivity contribution < 1.29 is 14.7 Å². The van der Waals surface area contributed by atoms with Crippen molar-refractivity contribution in [2.45, 2.75) is 19.4 Å². The molecule has 98 valence electrons. The highest BCUT2D eigenvalue weighted by molar-refractivity contribution is 5.87. The van der Waals surface area contributed by atoms with Gasteiger partial charge in [-0.3, -0.25) is 4.79 Å². The van der Waals surface area contributed by atoms with Crippen LogP contribution in [0.15, 0.2) is 24.3 Å². The number of carboxylic acid groups (broad SMARTS) is 1. The molecule has 1 atom stereocenters. The SMILES string of the molecule is CNC(C)C(=O)NCCc1cccc(C(=O)O)c1. The normalized spacial score (nSPS) is 11.9. The quantitative estimate of drug-likeness (QED) is 0.692. The molecule has 1 unspecified atom stereocenters. The van der Waals surface area contributed by atoms with Crippen LogP contribution >= 0.6 is 0 Å². The summed E-state index contributed by atoms with van der Waals surface area (Å²) in [6.45, 7) is 2.27. The van der Waals surface area contributed by atoms with Gasteiger partial charge in [-0.15, -0.1) is 0 Å². The van der Waals surface area contributed by atoms with Crippen molar-refractivity contribution >= 4 is 11.9 Å². The van der Waals surface area contributed by atoms with E-state index in [9.17, 15) is 9.59 Å². The summed E-state index contributed by atoms with van der Waals surface area (Å²) in [6, 6.07) is 6.50. The molecule has 3 N–H and O–H groups in total. The second-order valence-electron chi connectivity index (χ2n) is 4.06. The number of amides is 1. The lowest BCUT2D eigenvalue weighted by atomic mass is 10.1. The van der Waals surface area contributed by atoms with Crippen LogP contribution in [-0.2, 0) is 11.2 Å². The van der Waals surface area contributed by atoms with Crippen LogP contribution in [0, 0.1) is 0 Å². The molecule has 1 aromatic carbocycles. The third-order valence-electron chi connectivity index (χ3n) is 2.71. The smallest absolute Gasteiger partial charge is 0.335 e. The zero-order valence-electron chi connectivity index (χ0n) is 10.6. The van der Waals surface area contributed by atoms with Crippen molar-refractivity contribution in [1.82, 2.24) is 10.6 Å². The van der Waals surface area contributed by atoms with Crippen LogP contribution in [0.4, 0.5) is 0 Å². The Kier molecular flexibility index (Phi) is 5.32. The molecule has 0 bridgehead atoms. The maximum absolute atomic E-state index is 11.5. The van der Waals surface area contributed by atoms with Gasteiger partial charge in [0.25, 0.3) is 0 Å². The molecule has 1 aromatic rings. The number of hydrogen-bond donors (Lipinski definition) is 3. The second-order valence-corrected chi connectivity index (χ2v) is 4.06. The summed E-state index contributed by atoms with van der Waals surface area (Å²) in [7, 11) is 1.72. The van der Waals surface area contributed by atoms with Gasteiger partial charge in [0, 0.05) is 6.54 Å². The van der Waals surface area contributed by atoms with Gasteiger partial charge in [0.15, 0.2) is 0 Å². The van der Waals surface area contributed by atoms with E-state index in [-0.39, 0.29) is 17.5 Å². The molecular weight excluding hydrogens is 232 g/mol. The average Bonchev–Trinajstić information content (AvgIpc) is 2.38. The number of rotatable bonds is 6. The first-order valence-electron chi connectivity index (χ1n) is 5.82. The van der Waals surface area contributed by atoms with Crippen molar-refractivity contribution in [3.05, 3.63) is 35.4 Å². The maximum Gasteiger partial charge on any atom is 0.335 e. The number of carboxylic acids is 1. The standard InChI is InChI=1S/C13H18N2O3/c1-9(14-2)12(16)15-7-6-10-4-3-5-11(8-10)13(17)18/h3-5,8-9,14H,6-7H2,1-2H3,(H,15,16)(H,17,18). The number of aromatic carboxylic acids is 1. The summed E-state index contributed by atoms with van der Waals surface area (Å²) in [4.78, 5) is 22.3. The first-order chi connectivity index (χ1) is 8.54. The largest absolute Gasteiger partial charge is 0.478 e. The maximum atomic E-state index is 11.5. The number of likely N-dealkylation sites (N-methyl/N-ethyl adjacent to an activating group) is 1. The van der Waals surface area contributed by atoms with Crippen LogP contribution in [0.25, 0.3) is 0 Å². The molecule has 1 rings (SSSR count). The molecule has 0 fully saturated rings. The first kappa shape index (κ1) is 14.2. The average molecular weight is 250 g/mol. The topological polar surface area (TPSA) is 78.4 Å². The number of carbonyl (C=O) groups excluding carboxylic acids is 1. The molecule has 5 heteroatoms. The number of hydrogen-bond acceptors (Lipinski definition) is 3. The van der Waals surface area contributed by atoms with Crippen molar-refractivity contribution in [2.24, 2.45) is 0 Å². The predicted octanol–water partition coefficient (Wildman–Crippen LogP) is 0.651. The third kappa shape index (κ3) is 4.18. The number of benzene rings is 1. The Morgan fingerprint density at radius 2 is 2.11 bits per heavy atom. The van der Waals surface area contributed by atoms with Crippen LogP contribution < -0.4 is 10.6 Å². The van der Waals surface area contributed by atoms with Crippen LogP contribution in [0.1, 0.15) is 22.8 Å². The Balaban J connectivity index is 2.47. The van der Waals surface area contributed by atoms with Crippen LogP contribution in [-0.4, -0.2) is 36.6 Å². The molecule has 0 aliphatic rings. The van der Waals surface area contributed by atoms with Gasteiger partial charge in [-0.05, 0) is 38.1 Å². The summed E-state index contributed by atoms with van der Waals surface area (Å²) in [6.07, 6.45) is 0.614. The van der Waals surface area contributed by atoms with Gasteiger partial charge in [-0.1, -0.05) is 12.1 Å². The van der Waals surface area contributed by atoms with Crippen molar-refractivity contribution in [2.75, 3.05) is 13.6 Å². The molecule has 0 aliphatic heterocycles. The Bertz CT molecular complexity index is 432. The molecule has 0 spiro atoms. The molecule has 18 heavy (non-hydrogen) atoms. The lowest BCUT2D eigenvalue weighted by molar-refractivity contribution is -0.122. The van der Waals surface area contributed by atoms with E-state index < -0.39 is 5.97 Å². The predicted molar refractivity (Wildman–Crippen MR) is 68.6 cm³/mol. The fraction of sp³-hybridized carbons (Fsp3) is 0.385. The van der Waals surface area contributed by atoms with E-state index >= 15 is 0 Å². The van der Waals surface area contributed by atoms with Gasteiger partial charge >= 0.3 is 5.97 Å². The summed E-state index contributed by atoms with van der Waals surface area (Å²) in [5.74, 6) is -1.00. The van der Waals surface area contributed by atoms with Crippen molar-refractivity contribution in [3.8, 4) is 0 Å². The minimum absolute atomic E-state index is 0.0631. The molecule has 0 heterocycles. The highest BCUT2D eigenvalue weighted by Gasteiger charge is 2.09. The summed E-state index contributed by atoms with van der Waals surface area (Å²) < 4.78 is 0. The fourth-order valence-corrected chi connectivity index (χ4v) is 1.47. The van der Waals surface area contributed by atoms with E-state index in [1.165, 1.54) is 0 Å². The molecular formula is C13H18N2O3. The van der Waals surface area contributed by atoms with E-state index in [4.69, 9.17) is 5.11 Å². The highest BCUT2D eigenvalue weighted by Crippen LogP contribution is 2.05. The Labute approximate surface area is 106 Å². The molecule has 0 radical (unpaired) electrons. The summed E-state index contributed by atoms with van der Waals surface area (Å²) >= 11 is 0.